The number of nitrogens with one attached hydrogen (secondary N) is 1. The van der Waals surface area contributed by atoms with Gasteiger partial charge in [-0.05, 0) is 32.5 Å². The van der Waals surface area contributed by atoms with Crippen molar-refractivity contribution in [3.8, 4) is 0 Å². The molecule has 18 heavy (non-hydrogen) atoms. The van der Waals surface area contributed by atoms with Crippen molar-refractivity contribution in [2.24, 2.45) is 0 Å². The maximum Gasteiger partial charge on any atom is 0.270 e. The van der Waals surface area contributed by atoms with Crippen molar-refractivity contribution in [2.45, 2.75) is 18.9 Å². The van der Waals surface area contributed by atoms with E-state index in [0.29, 0.717) is 18.3 Å². The summed E-state index contributed by atoms with van der Waals surface area (Å²) in [4.78, 5) is 29.8. The Labute approximate surface area is 106 Å². The number of carbonyl (C=O) groups is 1. The second-order valence-corrected chi connectivity index (χ2v) is 4.89. The molecule has 1 aromatic rings. The van der Waals surface area contributed by atoms with Crippen LogP contribution < -0.4 is 5.56 Å². The zero-order chi connectivity index (χ0) is 13.1. The second kappa shape index (κ2) is 5.35. The lowest BCUT2D eigenvalue weighted by atomic mass is 10.2. The Hall–Kier alpha value is -1.62. The highest BCUT2D eigenvalue weighted by Crippen LogP contribution is 2.15. The molecule has 1 N–H and O–H groups in total. The normalized spacial score (nSPS) is 20.0. The van der Waals surface area contributed by atoms with Gasteiger partial charge in [0.1, 0.15) is 5.69 Å². The van der Waals surface area contributed by atoms with Crippen LogP contribution in [0.1, 0.15) is 23.3 Å². The van der Waals surface area contributed by atoms with E-state index >= 15 is 0 Å². The predicted octanol–water partition coefficient (Wildman–Crippen LogP) is 0.541. The fourth-order valence-corrected chi connectivity index (χ4v) is 2.39. The Balaban J connectivity index is 2.02. The van der Waals surface area contributed by atoms with Gasteiger partial charge in [0.05, 0.1) is 0 Å². The number of H-pyrrole nitrogens is 1. The highest BCUT2D eigenvalue weighted by atomic mass is 16.2. The van der Waals surface area contributed by atoms with Gasteiger partial charge in [0.25, 0.3) is 5.91 Å². The first-order valence-corrected chi connectivity index (χ1v) is 6.23. The molecule has 5 nitrogen and oxygen atoms in total. The van der Waals surface area contributed by atoms with Crippen LogP contribution in [-0.2, 0) is 0 Å². The highest BCUT2D eigenvalue weighted by molar-refractivity contribution is 5.92. The van der Waals surface area contributed by atoms with E-state index in [1.54, 1.807) is 24.1 Å². The third-order valence-electron chi connectivity index (χ3n) is 3.50. The molecule has 1 amide bonds. The predicted molar refractivity (Wildman–Crippen MR) is 69.7 cm³/mol. The number of amides is 1. The lowest BCUT2D eigenvalue weighted by molar-refractivity contribution is 0.0755. The molecular weight excluding hydrogens is 230 g/mol. The Kier molecular flexibility index (Phi) is 3.81. The van der Waals surface area contributed by atoms with Gasteiger partial charge in [-0.2, -0.15) is 0 Å². The topological polar surface area (TPSA) is 56.4 Å². The van der Waals surface area contributed by atoms with E-state index in [2.05, 4.69) is 16.9 Å². The number of nitrogens with zero attached hydrogens (tertiary/aromatic N) is 2. The number of aromatic amines is 1. The maximum atomic E-state index is 12.1. The summed E-state index contributed by atoms with van der Waals surface area (Å²) in [5.74, 6) is -0.131. The minimum absolute atomic E-state index is 0.131. The van der Waals surface area contributed by atoms with Crippen LogP contribution >= 0.6 is 0 Å². The van der Waals surface area contributed by atoms with Crippen LogP contribution in [0.3, 0.4) is 0 Å². The van der Waals surface area contributed by atoms with Gasteiger partial charge in [-0.25, -0.2) is 0 Å². The van der Waals surface area contributed by atoms with E-state index in [4.69, 9.17) is 0 Å². The lowest BCUT2D eigenvalue weighted by Gasteiger charge is -2.25. The molecule has 1 saturated heterocycles. The van der Waals surface area contributed by atoms with E-state index in [1.165, 1.54) is 12.5 Å². The van der Waals surface area contributed by atoms with Crippen LogP contribution in [0.5, 0.6) is 0 Å². The second-order valence-electron chi connectivity index (χ2n) is 4.89. The van der Waals surface area contributed by atoms with E-state index in [-0.39, 0.29) is 11.5 Å². The minimum Gasteiger partial charge on any atom is -0.339 e. The average molecular weight is 249 g/mol. The third-order valence-corrected chi connectivity index (χ3v) is 3.50. The number of hydrogen-bond acceptors (Lipinski definition) is 3. The summed E-state index contributed by atoms with van der Waals surface area (Å²) < 4.78 is 0. The Morgan fingerprint density at radius 1 is 1.56 bits per heavy atom. The van der Waals surface area contributed by atoms with Crippen LogP contribution in [0.15, 0.2) is 23.0 Å². The van der Waals surface area contributed by atoms with E-state index in [9.17, 15) is 9.59 Å². The summed E-state index contributed by atoms with van der Waals surface area (Å²) in [5.41, 5.74) is 0.109. The fourth-order valence-electron chi connectivity index (χ4n) is 2.39. The lowest BCUT2D eigenvalue weighted by Crippen LogP contribution is -2.40. The summed E-state index contributed by atoms with van der Waals surface area (Å²) in [6.07, 6.45) is 2.31. The Morgan fingerprint density at radius 2 is 2.33 bits per heavy atom. The summed E-state index contributed by atoms with van der Waals surface area (Å²) in [5, 5.41) is 0. The van der Waals surface area contributed by atoms with Crippen LogP contribution in [0.2, 0.25) is 0 Å². The quantitative estimate of drug-likeness (QED) is 0.850. The molecule has 2 rings (SSSR count). The van der Waals surface area contributed by atoms with Gasteiger partial charge in [0.2, 0.25) is 5.56 Å². The molecule has 1 fully saturated rings. The molecule has 0 radical (unpaired) electrons. The van der Waals surface area contributed by atoms with Crippen LogP contribution in [0.4, 0.5) is 0 Å². The minimum atomic E-state index is -0.243. The Bertz CT molecular complexity index is 483. The van der Waals surface area contributed by atoms with Crippen molar-refractivity contribution in [1.82, 2.24) is 14.8 Å². The number of aromatic nitrogens is 1. The van der Waals surface area contributed by atoms with E-state index < -0.39 is 0 Å². The van der Waals surface area contributed by atoms with Crippen LogP contribution in [-0.4, -0.2) is 53.9 Å². The molecule has 1 atom stereocenters. The smallest absolute Gasteiger partial charge is 0.270 e. The van der Waals surface area contributed by atoms with Crippen molar-refractivity contribution < 1.29 is 4.79 Å². The van der Waals surface area contributed by atoms with Crippen molar-refractivity contribution in [2.75, 3.05) is 27.2 Å². The molecule has 0 saturated carbocycles. The van der Waals surface area contributed by atoms with Crippen molar-refractivity contribution in [1.29, 1.82) is 0 Å². The van der Waals surface area contributed by atoms with Crippen molar-refractivity contribution in [3.63, 3.8) is 0 Å². The number of likely N-dealkylation sites (tertiary alicyclic amines) is 1. The van der Waals surface area contributed by atoms with Gasteiger partial charge in [-0.1, -0.05) is 6.07 Å². The standard InChI is InChI=1S/C13H19N3O2/c1-15-8-4-5-10(15)9-16(2)13(18)11-6-3-7-12(17)14-11/h3,6-7,10H,4-5,8-9H2,1-2H3,(H,14,17). The first-order chi connectivity index (χ1) is 8.58. The molecule has 1 unspecified atom stereocenters. The maximum absolute atomic E-state index is 12.1. The van der Waals surface area contributed by atoms with Gasteiger partial charge in [0, 0.05) is 25.7 Å². The summed E-state index contributed by atoms with van der Waals surface area (Å²) >= 11 is 0. The van der Waals surface area contributed by atoms with Crippen molar-refractivity contribution in [3.05, 3.63) is 34.2 Å². The molecule has 1 aromatic heterocycles. The molecular formula is C13H19N3O2. The number of carbonyl (C=O) groups excluding carboxylic acids is 1. The number of likely N-dealkylation sites (N-methyl/N-ethyl adjacent to an activating group) is 2. The van der Waals surface area contributed by atoms with Crippen molar-refractivity contribution >= 4 is 5.91 Å². The number of hydrogen-bond donors (Lipinski definition) is 1. The van der Waals surface area contributed by atoms with Gasteiger partial charge in [-0.3, -0.25) is 9.59 Å². The molecule has 0 aromatic carbocycles. The SMILES string of the molecule is CN(CC1CCCN1C)C(=O)c1cccc(=O)[nH]1. The monoisotopic (exact) mass is 249 g/mol. The van der Waals surface area contributed by atoms with E-state index in [0.717, 1.165) is 13.0 Å². The molecule has 5 heteroatoms. The zero-order valence-corrected chi connectivity index (χ0v) is 10.8. The van der Waals surface area contributed by atoms with Gasteiger partial charge < -0.3 is 14.8 Å². The van der Waals surface area contributed by atoms with Gasteiger partial charge >= 0.3 is 0 Å². The van der Waals surface area contributed by atoms with Crippen LogP contribution in [0, 0.1) is 0 Å². The molecule has 0 spiro atoms. The molecule has 98 valence electrons. The summed E-state index contributed by atoms with van der Waals surface area (Å²) in [6.45, 7) is 1.79. The molecule has 0 aliphatic carbocycles. The van der Waals surface area contributed by atoms with Gasteiger partial charge in [-0.15, -0.1) is 0 Å². The molecule has 0 bridgehead atoms. The van der Waals surface area contributed by atoms with Crippen LogP contribution in [0.25, 0.3) is 0 Å². The average Bonchev–Trinajstić information content (AvgIpc) is 2.74. The molecule has 2 heterocycles. The zero-order valence-electron chi connectivity index (χ0n) is 10.8. The third kappa shape index (κ3) is 2.79. The summed E-state index contributed by atoms with van der Waals surface area (Å²) in [6, 6.07) is 5.07. The first kappa shape index (κ1) is 12.8. The Morgan fingerprint density at radius 3 is 2.94 bits per heavy atom. The van der Waals surface area contributed by atoms with E-state index in [1.807, 2.05) is 0 Å². The number of pyridine rings is 1. The first-order valence-electron chi connectivity index (χ1n) is 6.23. The highest BCUT2D eigenvalue weighted by Gasteiger charge is 2.24. The molecule has 1 aliphatic heterocycles. The summed E-state index contributed by atoms with van der Waals surface area (Å²) in [7, 11) is 3.86. The largest absolute Gasteiger partial charge is 0.339 e. The number of rotatable bonds is 3. The van der Waals surface area contributed by atoms with Gasteiger partial charge in [0.15, 0.2) is 0 Å². The molecule has 1 aliphatic rings. The fraction of sp³-hybridized carbons (Fsp3) is 0.538.